The van der Waals surface area contributed by atoms with Crippen molar-refractivity contribution in [1.29, 1.82) is 0 Å². The van der Waals surface area contributed by atoms with E-state index in [9.17, 15) is 9.59 Å². The molecule has 0 radical (unpaired) electrons. The van der Waals surface area contributed by atoms with E-state index in [1.165, 1.54) is 4.90 Å². The lowest BCUT2D eigenvalue weighted by atomic mass is 9.93. The molecule has 3 atom stereocenters. The molecule has 2 N–H and O–H groups in total. The average Bonchev–Trinajstić information content (AvgIpc) is 3.01. The van der Waals surface area contributed by atoms with Crippen LogP contribution in [0.2, 0.25) is 0 Å². The highest BCUT2D eigenvalue weighted by atomic mass is 16.2. The zero-order chi connectivity index (χ0) is 20.4. The molecule has 0 spiro atoms. The van der Waals surface area contributed by atoms with E-state index in [0.717, 1.165) is 24.2 Å². The molecule has 29 heavy (non-hydrogen) atoms. The largest absolute Gasteiger partial charge is 0.388 e. The molecular weight excluding hydrogens is 364 g/mol. The average molecular weight is 390 g/mol. The van der Waals surface area contributed by atoms with E-state index in [1.54, 1.807) is 12.1 Å². The first-order chi connectivity index (χ1) is 14.1. The normalized spacial score (nSPS) is 23.9. The summed E-state index contributed by atoms with van der Waals surface area (Å²) in [5, 5.41) is 5.07. The number of hydrazine groups is 1. The van der Waals surface area contributed by atoms with Gasteiger partial charge in [-0.25, -0.2) is 9.91 Å². The molecule has 6 heteroatoms. The number of hydrogen-bond donors (Lipinski definition) is 2. The summed E-state index contributed by atoms with van der Waals surface area (Å²) >= 11 is 0. The van der Waals surface area contributed by atoms with Gasteiger partial charge in [0.1, 0.15) is 6.04 Å². The first-order valence-corrected chi connectivity index (χ1v) is 10.1. The van der Waals surface area contributed by atoms with Crippen LogP contribution in [0.5, 0.6) is 0 Å². The predicted octanol–water partition coefficient (Wildman–Crippen LogP) is 3.65. The Morgan fingerprint density at radius 3 is 2.24 bits per heavy atom. The third-order valence-electron chi connectivity index (χ3n) is 5.55. The number of fused-ring (bicyclic) bond motifs is 1. The minimum Gasteiger partial charge on any atom is -0.388 e. The summed E-state index contributed by atoms with van der Waals surface area (Å²) in [5.41, 5.74) is 5.94. The maximum Gasteiger partial charge on any atom is 0.254 e. The topological polar surface area (TPSA) is 64.7 Å². The number of amides is 2. The molecule has 0 aliphatic carbocycles. The highest BCUT2D eigenvalue weighted by molar-refractivity contribution is 6.24. The van der Waals surface area contributed by atoms with Crippen molar-refractivity contribution in [3.63, 3.8) is 0 Å². The molecule has 4 rings (SSSR count). The van der Waals surface area contributed by atoms with Crippen LogP contribution in [-0.2, 0) is 9.59 Å². The minimum atomic E-state index is -0.562. The molecule has 2 aromatic carbocycles. The van der Waals surface area contributed by atoms with Crippen molar-refractivity contribution in [2.75, 3.05) is 22.7 Å². The van der Waals surface area contributed by atoms with E-state index in [-0.39, 0.29) is 17.9 Å². The molecule has 3 unspecified atom stereocenters. The Bertz CT molecular complexity index is 910. The van der Waals surface area contributed by atoms with Gasteiger partial charge >= 0.3 is 0 Å². The van der Waals surface area contributed by atoms with Crippen LogP contribution in [0.4, 0.5) is 17.1 Å². The number of carbonyl (C=O) groups excluding carboxylic acids is 2. The molecule has 2 amide bonds. The Labute approximate surface area is 171 Å². The third-order valence-corrected chi connectivity index (χ3v) is 5.55. The Morgan fingerprint density at radius 1 is 0.897 bits per heavy atom. The van der Waals surface area contributed by atoms with Crippen LogP contribution >= 0.6 is 0 Å². The lowest BCUT2D eigenvalue weighted by molar-refractivity contribution is -0.123. The number of benzene rings is 2. The minimum absolute atomic E-state index is 0.0395. The van der Waals surface area contributed by atoms with Gasteiger partial charge in [0.2, 0.25) is 5.91 Å². The van der Waals surface area contributed by atoms with Crippen LogP contribution in [0.3, 0.4) is 0 Å². The Balaban J connectivity index is 1.67. The van der Waals surface area contributed by atoms with Gasteiger partial charge in [-0.1, -0.05) is 43.7 Å². The van der Waals surface area contributed by atoms with E-state index in [4.69, 9.17) is 0 Å². The Morgan fingerprint density at radius 2 is 1.59 bits per heavy atom. The number of imide groups is 1. The molecular formula is C23H26N4O2. The fourth-order valence-corrected chi connectivity index (χ4v) is 4.08. The summed E-state index contributed by atoms with van der Waals surface area (Å²) in [6, 6.07) is 16.5. The second kappa shape index (κ2) is 8.09. The highest BCUT2D eigenvalue weighted by Crippen LogP contribution is 2.35. The summed E-state index contributed by atoms with van der Waals surface area (Å²) in [7, 11) is 1.88. The Kier molecular flexibility index (Phi) is 5.36. The number of rotatable bonds is 6. The van der Waals surface area contributed by atoms with Gasteiger partial charge in [0.05, 0.1) is 11.6 Å². The molecule has 0 aromatic heterocycles. The second-order valence-corrected chi connectivity index (χ2v) is 7.41. The van der Waals surface area contributed by atoms with Gasteiger partial charge in [-0.2, -0.15) is 0 Å². The molecule has 2 aromatic rings. The summed E-state index contributed by atoms with van der Waals surface area (Å²) in [4.78, 5) is 27.8. The van der Waals surface area contributed by atoms with Crippen LogP contribution in [0.25, 0.3) is 0 Å². The maximum absolute atomic E-state index is 13.4. The lowest BCUT2D eigenvalue weighted by Crippen LogP contribution is -2.53. The first kappa shape index (κ1) is 19.2. The third kappa shape index (κ3) is 3.51. The van der Waals surface area contributed by atoms with Crippen LogP contribution in [0, 0.1) is 5.92 Å². The van der Waals surface area contributed by atoms with Crippen molar-refractivity contribution in [3.05, 3.63) is 66.7 Å². The van der Waals surface area contributed by atoms with Gasteiger partial charge in [-0.3, -0.25) is 9.59 Å². The number of carbonyl (C=O) groups is 2. The van der Waals surface area contributed by atoms with E-state index in [1.807, 2.05) is 60.6 Å². The maximum atomic E-state index is 13.4. The van der Waals surface area contributed by atoms with Gasteiger partial charge in [0.25, 0.3) is 5.91 Å². The Hall–Kier alpha value is -3.12. The predicted molar refractivity (Wildman–Crippen MR) is 115 cm³/mol. The smallest absolute Gasteiger partial charge is 0.254 e. The number of anilines is 3. The van der Waals surface area contributed by atoms with Crippen LogP contribution in [0.1, 0.15) is 19.8 Å². The summed E-state index contributed by atoms with van der Waals surface area (Å²) < 4.78 is 0. The first-order valence-electron chi connectivity index (χ1n) is 10.1. The summed E-state index contributed by atoms with van der Waals surface area (Å²) in [6.07, 6.45) is 5.84. The number of nitrogens with zero attached hydrogens (tertiary/aromatic N) is 2. The second-order valence-electron chi connectivity index (χ2n) is 7.41. The SMILES string of the molecule is CCCC1C=CC2C(=O)N(c3ccccc3)C(=O)C2N1Nc1ccc(NC)cc1. The number of hydrogen-bond acceptors (Lipinski definition) is 5. The van der Waals surface area contributed by atoms with Crippen molar-refractivity contribution >= 4 is 28.9 Å². The monoisotopic (exact) mass is 390 g/mol. The van der Waals surface area contributed by atoms with Crippen LogP contribution in [0.15, 0.2) is 66.7 Å². The standard InChI is InChI=1S/C23H26N4O2/c1-3-7-19-14-15-20-21(27(19)25-17-12-10-16(24-2)11-13-17)23(29)26(22(20)28)18-8-5-4-6-9-18/h4-6,8-15,19-21,24-25H,3,7H2,1-2H3. The van der Waals surface area contributed by atoms with Crippen LogP contribution < -0.4 is 15.6 Å². The van der Waals surface area contributed by atoms with Crippen molar-refractivity contribution in [3.8, 4) is 0 Å². The molecule has 6 nitrogen and oxygen atoms in total. The molecule has 0 bridgehead atoms. The fourth-order valence-electron chi connectivity index (χ4n) is 4.08. The van der Waals surface area contributed by atoms with Crippen molar-refractivity contribution in [2.24, 2.45) is 5.92 Å². The van der Waals surface area contributed by atoms with Crippen molar-refractivity contribution < 1.29 is 9.59 Å². The van der Waals surface area contributed by atoms with Gasteiger partial charge in [-0.15, -0.1) is 0 Å². The molecule has 2 heterocycles. The lowest BCUT2D eigenvalue weighted by Gasteiger charge is -2.38. The van der Waals surface area contributed by atoms with Crippen molar-refractivity contribution in [2.45, 2.75) is 31.8 Å². The number of para-hydroxylation sites is 1. The zero-order valence-electron chi connectivity index (χ0n) is 16.7. The van der Waals surface area contributed by atoms with E-state index in [0.29, 0.717) is 5.69 Å². The van der Waals surface area contributed by atoms with Gasteiger partial charge < -0.3 is 10.7 Å². The molecule has 1 fully saturated rings. The summed E-state index contributed by atoms with van der Waals surface area (Å²) in [6.45, 7) is 2.12. The van der Waals surface area contributed by atoms with E-state index >= 15 is 0 Å². The van der Waals surface area contributed by atoms with Gasteiger partial charge in [-0.05, 0) is 42.8 Å². The van der Waals surface area contributed by atoms with E-state index in [2.05, 4.69) is 23.7 Å². The highest BCUT2D eigenvalue weighted by Gasteiger charge is 2.52. The quantitative estimate of drug-likeness (QED) is 0.582. The molecule has 0 saturated carbocycles. The zero-order valence-corrected chi connectivity index (χ0v) is 16.7. The van der Waals surface area contributed by atoms with Crippen LogP contribution in [-0.4, -0.2) is 36.0 Å². The summed E-state index contributed by atoms with van der Waals surface area (Å²) in [5.74, 6) is -0.842. The van der Waals surface area contributed by atoms with Gasteiger partial charge in [0.15, 0.2) is 0 Å². The molecule has 2 aliphatic rings. The molecule has 2 aliphatic heterocycles. The van der Waals surface area contributed by atoms with E-state index < -0.39 is 12.0 Å². The molecule has 150 valence electrons. The molecule has 1 saturated heterocycles. The van der Waals surface area contributed by atoms with Gasteiger partial charge in [0, 0.05) is 24.5 Å². The van der Waals surface area contributed by atoms with Crippen molar-refractivity contribution in [1.82, 2.24) is 5.01 Å². The fraction of sp³-hybridized carbons (Fsp3) is 0.304. The number of nitrogens with one attached hydrogen (secondary N) is 2.